The highest BCUT2D eigenvalue weighted by Gasteiger charge is 2.18. The first-order valence-electron chi connectivity index (χ1n) is 8.92. The maximum atomic E-state index is 11.5. The minimum atomic E-state index is 0.379. The van der Waals surface area contributed by atoms with Gasteiger partial charge in [0.25, 0.3) is 0 Å². The van der Waals surface area contributed by atoms with Crippen LogP contribution in [-0.4, -0.2) is 44.1 Å². The summed E-state index contributed by atoms with van der Waals surface area (Å²) in [6.07, 6.45) is 8.94. The monoisotopic (exact) mass is 434 g/mol. The van der Waals surface area contributed by atoms with Crippen LogP contribution in [0.5, 0.6) is 0 Å². The zero-order valence-corrected chi connectivity index (χ0v) is 17.4. The first kappa shape index (κ1) is 21.1. The highest BCUT2D eigenvalue weighted by molar-refractivity contribution is 9.12. The number of aliphatic imine (C=N–C) groups is 1. The fraction of sp³-hybridized carbons (Fsp3) is 0.421. The standard InChI is InChI=1S/C19H27BrN6O/c1-15(20)11-24-25(3)19(23-12-16-6-5-9-26(27)14-16)10-18(21-2)17-7-4-8-22-13-17/h5-6,9-11,14,17,22-23H,1,4,7-8,12-13H2,2-3H3/b19-10-,21-18+,24-11-. The molecule has 1 saturated heterocycles. The Morgan fingerprint density at radius 2 is 2.41 bits per heavy atom. The lowest BCUT2D eigenvalue weighted by molar-refractivity contribution is -0.605. The number of hydrogen-bond donors (Lipinski definition) is 2. The summed E-state index contributed by atoms with van der Waals surface area (Å²) in [5.74, 6) is 1.18. The Kier molecular flexibility index (Phi) is 8.47. The second-order valence-corrected chi connectivity index (χ2v) is 7.38. The molecule has 1 aromatic heterocycles. The molecule has 1 aliphatic heterocycles. The molecule has 1 unspecified atom stereocenters. The minimum absolute atomic E-state index is 0.379. The van der Waals surface area contributed by atoms with Gasteiger partial charge >= 0.3 is 0 Å². The van der Waals surface area contributed by atoms with Crippen molar-refractivity contribution in [3.63, 3.8) is 0 Å². The lowest BCUT2D eigenvalue weighted by Gasteiger charge is -2.25. The number of aromatic nitrogens is 1. The summed E-state index contributed by atoms with van der Waals surface area (Å²) < 4.78 is 1.48. The van der Waals surface area contributed by atoms with Gasteiger partial charge in [-0.2, -0.15) is 9.83 Å². The van der Waals surface area contributed by atoms with Gasteiger partial charge in [-0.1, -0.05) is 6.58 Å². The fourth-order valence-corrected chi connectivity index (χ4v) is 2.97. The van der Waals surface area contributed by atoms with E-state index in [1.54, 1.807) is 23.5 Å². The zero-order valence-electron chi connectivity index (χ0n) is 15.9. The van der Waals surface area contributed by atoms with E-state index in [-0.39, 0.29) is 0 Å². The lowest BCUT2D eigenvalue weighted by atomic mass is 9.94. The van der Waals surface area contributed by atoms with Gasteiger partial charge in [0.1, 0.15) is 5.82 Å². The van der Waals surface area contributed by atoms with Gasteiger partial charge in [0.2, 0.25) is 0 Å². The lowest BCUT2D eigenvalue weighted by Crippen LogP contribution is -2.35. The molecule has 0 bridgehead atoms. The number of allylic oxidation sites excluding steroid dienone is 2. The molecule has 146 valence electrons. The predicted molar refractivity (Wildman–Crippen MR) is 114 cm³/mol. The molecule has 0 aromatic carbocycles. The summed E-state index contributed by atoms with van der Waals surface area (Å²) in [6, 6.07) is 3.64. The van der Waals surface area contributed by atoms with Crippen LogP contribution in [0.25, 0.3) is 0 Å². The largest absolute Gasteiger partial charge is 0.619 e. The molecule has 27 heavy (non-hydrogen) atoms. The molecule has 0 spiro atoms. The minimum Gasteiger partial charge on any atom is -0.619 e. The van der Waals surface area contributed by atoms with E-state index < -0.39 is 0 Å². The van der Waals surface area contributed by atoms with Gasteiger partial charge in [0.05, 0.1) is 6.21 Å². The van der Waals surface area contributed by atoms with Crippen molar-refractivity contribution in [1.82, 2.24) is 15.6 Å². The molecule has 1 aromatic rings. The molecule has 2 heterocycles. The van der Waals surface area contributed by atoms with Crippen molar-refractivity contribution < 1.29 is 4.73 Å². The van der Waals surface area contributed by atoms with E-state index in [1.807, 2.05) is 26.2 Å². The molecule has 0 amide bonds. The Labute approximate surface area is 169 Å². The van der Waals surface area contributed by atoms with Crippen molar-refractivity contribution >= 4 is 27.9 Å². The average molecular weight is 435 g/mol. The average Bonchev–Trinajstić information content (AvgIpc) is 2.67. The van der Waals surface area contributed by atoms with Crippen molar-refractivity contribution in [3.8, 4) is 0 Å². The predicted octanol–water partition coefficient (Wildman–Crippen LogP) is 2.15. The first-order valence-corrected chi connectivity index (χ1v) is 9.71. The third-order valence-electron chi connectivity index (χ3n) is 4.29. The van der Waals surface area contributed by atoms with Gasteiger partial charge in [-0.05, 0) is 41.4 Å². The van der Waals surface area contributed by atoms with Crippen LogP contribution in [0, 0.1) is 11.1 Å². The van der Waals surface area contributed by atoms with Crippen molar-refractivity contribution in [3.05, 3.63) is 58.3 Å². The van der Waals surface area contributed by atoms with Crippen LogP contribution in [0.2, 0.25) is 0 Å². The third kappa shape index (κ3) is 7.15. The molecule has 1 fully saturated rings. The summed E-state index contributed by atoms with van der Waals surface area (Å²) in [7, 11) is 3.68. The van der Waals surface area contributed by atoms with Crippen molar-refractivity contribution in [2.45, 2.75) is 19.4 Å². The summed E-state index contributed by atoms with van der Waals surface area (Å²) >= 11 is 3.28. The van der Waals surface area contributed by atoms with Crippen LogP contribution in [0.3, 0.4) is 0 Å². The zero-order chi connectivity index (χ0) is 19.6. The number of pyridine rings is 1. The number of nitrogens with one attached hydrogen (secondary N) is 2. The number of rotatable bonds is 8. The molecular formula is C19H27BrN6O. The van der Waals surface area contributed by atoms with Gasteiger partial charge in [-0.3, -0.25) is 10.0 Å². The van der Waals surface area contributed by atoms with Crippen LogP contribution < -0.4 is 15.4 Å². The van der Waals surface area contributed by atoms with Gasteiger partial charge in [-0.15, -0.1) is 0 Å². The first-order chi connectivity index (χ1) is 13.0. The second kappa shape index (κ2) is 10.8. The SMILES string of the molecule is C=C(Br)/C=N\N(C)/C(=C\C(=N/C)C1CCCNC1)NCc1ccc[n+]([O-])c1. The Hall–Kier alpha value is -2.19. The summed E-state index contributed by atoms with van der Waals surface area (Å²) in [6.45, 7) is 6.26. The molecule has 7 nitrogen and oxygen atoms in total. The molecule has 2 N–H and O–H groups in total. The van der Waals surface area contributed by atoms with Crippen molar-refractivity contribution in [2.24, 2.45) is 16.0 Å². The summed E-state index contributed by atoms with van der Waals surface area (Å²) in [5.41, 5.74) is 1.91. The van der Waals surface area contributed by atoms with E-state index in [4.69, 9.17) is 0 Å². The number of nitrogens with zero attached hydrogens (tertiary/aromatic N) is 4. The third-order valence-corrected chi connectivity index (χ3v) is 4.49. The Bertz CT molecular complexity index is 725. The normalized spacial score (nSPS) is 18.6. The smallest absolute Gasteiger partial charge is 0.185 e. The Morgan fingerprint density at radius 3 is 3.04 bits per heavy atom. The van der Waals surface area contributed by atoms with Gasteiger partial charge in [0.15, 0.2) is 12.4 Å². The summed E-state index contributed by atoms with van der Waals surface area (Å²) in [5, 5.41) is 24.4. The summed E-state index contributed by atoms with van der Waals surface area (Å²) in [4.78, 5) is 4.50. The molecular weight excluding hydrogens is 408 g/mol. The van der Waals surface area contributed by atoms with Crippen LogP contribution >= 0.6 is 15.9 Å². The molecule has 8 heteroatoms. The van der Waals surface area contributed by atoms with Gasteiger partial charge < -0.3 is 15.8 Å². The number of piperidine rings is 1. The van der Waals surface area contributed by atoms with Crippen LogP contribution in [0.1, 0.15) is 18.4 Å². The van der Waals surface area contributed by atoms with Gasteiger partial charge in [0, 0.05) is 61.0 Å². The van der Waals surface area contributed by atoms with Crippen LogP contribution in [0.4, 0.5) is 0 Å². The topological polar surface area (TPSA) is 79.0 Å². The molecule has 1 aliphatic rings. The quantitative estimate of drug-likeness (QED) is 0.284. The second-order valence-electron chi connectivity index (χ2n) is 6.36. The number of hydrogen-bond acceptors (Lipinski definition) is 6. The number of hydrazone groups is 1. The van der Waals surface area contributed by atoms with E-state index in [0.717, 1.165) is 47.8 Å². The van der Waals surface area contributed by atoms with Crippen molar-refractivity contribution in [1.29, 1.82) is 0 Å². The van der Waals surface area contributed by atoms with E-state index in [0.29, 0.717) is 16.9 Å². The molecule has 2 rings (SSSR count). The maximum absolute atomic E-state index is 11.5. The highest BCUT2D eigenvalue weighted by atomic mass is 79.9. The molecule has 0 radical (unpaired) electrons. The molecule has 0 aliphatic carbocycles. The van der Waals surface area contributed by atoms with Crippen molar-refractivity contribution in [2.75, 3.05) is 27.2 Å². The Morgan fingerprint density at radius 1 is 1.59 bits per heavy atom. The van der Waals surface area contributed by atoms with E-state index >= 15 is 0 Å². The van der Waals surface area contributed by atoms with Crippen LogP contribution in [-0.2, 0) is 6.54 Å². The molecule has 0 saturated carbocycles. The fourth-order valence-electron chi connectivity index (χ4n) is 2.88. The van der Waals surface area contributed by atoms with E-state index in [9.17, 15) is 5.21 Å². The molecule has 1 atom stereocenters. The Balaban J connectivity index is 2.20. The van der Waals surface area contributed by atoms with Gasteiger partial charge in [-0.25, -0.2) is 0 Å². The maximum Gasteiger partial charge on any atom is 0.185 e. The number of halogens is 1. The highest BCUT2D eigenvalue weighted by Crippen LogP contribution is 2.15. The van der Waals surface area contributed by atoms with E-state index in [1.165, 1.54) is 6.20 Å². The van der Waals surface area contributed by atoms with Crippen LogP contribution in [0.15, 0.2) is 57.6 Å². The van der Waals surface area contributed by atoms with E-state index in [2.05, 4.69) is 43.2 Å².